The van der Waals surface area contributed by atoms with Crippen LogP contribution in [0.3, 0.4) is 0 Å². The minimum absolute atomic E-state index is 0.113. The van der Waals surface area contributed by atoms with E-state index in [0.717, 1.165) is 28.8 Å². The highest BCUT2D eigenvalue weighted by molar-refractivity contribution is 7.89. The Balaban J connectivity index is 1.58. The van der Waals surface area contributed by atoms with Crippen molar-refractivity contribution in [1.29, 1.82) is 0 Å². The number of carbonyl (C=O) groups excluding carboxylic acids is 1. The molecule has 1 saturated heterocycles. The lowest BCUT2D eigenvalue weighted by Crippen LogP contribution is -2.45. The van der Waals surface area contributed by atoms with Gasteiger partial charge in [0.05, 0.1) is 11.4 Å². The average molecular weight is 427 g/mol. The summed E-state index contributed by atoms with van der Waals surface area (Å²) in [6.07, 6.45) is 1.79. The van der Waals surface area contributed by atoms with E-state index in [2.05, 4.69) is 29.4 Å². The van der Waals surface area contributed by atoms with Crippen molar-refractivity contribution in [3.8, 4) is 0 Å². The summed E-state index contributed by atoms with van der Waals surface area (Å²) in [4.78, 5) is 13.6. The Hall–Kier alpha value is -2.32. The van der Waals surface area contributed by atoms with E-state index < -0.39 is 15.4 Å². The van der Waals surface area contributed by atoms with Gasteiger partial charge in [0.25, 0.3) is 0 Å². The smallest absolute Gasteiger partial charge is 0.243 e. The fourth-order valence-electron chi connectivity index (χ4n) is 5.42. The number of carbonyl (C=O) groups is 1. The van der Waals surface area contributed by atoms with Gasteiger partial charge in [-0.15, -0.1) is 5.11 Å². The highest BCUT2D eigenvalue weighted by Gasteiger charge is 2.55. The van der Waals surface area contributed by atoms with Crippen LogP contribution in [-0.2, 0) is 14.8 Å². The second-order valence-corrected chi connectivity index (χ2v) is 11.6. The number of fused-ring (bicyclic) bond motifs is 2. The number of hydrogen-bond donors (Lipinski definition) is 1. The van der Waals surface area contributed by atoms with Crippen LogP contribution in [0.2, 0.25) is 0 Å². The summed E-state index contributed by atoms with van der Waals surface area (Å²) in [5.74, 6) is 0.816. The molecular weight excluding hydrogens is 400 g/mol. The molecule has 0 aromatic heterocycles. The van der Waals surface area contributed by atoms with Crippen molar-refractivity contribution in [1.82, 2.24) is 9.62 Å². The van der Waals surface area contributed by atoms with Gasteiger partial charge in [-0.2, -0.15) is 9.42 Å². The normalized spacial score (nSPS) is 28.2. The lowest BCUT2D eigenvalue weighted by molar-refractivity contribution is -0.119. The Morgan fingerprint density at radius 3 is 2.77 bits per heavy atom. The predicted molar refractivity (Wildman–Crippen MR) is 112 cm³/mol. The maximum atomic E-state index is 13.4. The molecule has 1 aromatic carbocycles. The molecule has 1 spiro atoms. The van der Waals surface area contributed by atoms with Crippen molar-refractivity contribution in [2.45, 2.75) is 44.9 Å². The zero-order valence-corrected chi connectivity index (χ0v) is 18.3. The molecule has 1 atom stereocenters. The second-order valence-electron chi connectivity index (χ2n) is 9.63. The number of nitrogens with zero attached hydrogens (tertiary/aromatic N) is 3. The number of rotatable bonds is 2. The zero-order valence-electron chi connectivity index (χ0n) is 17.5. The maximum absolute atomic E-state index is 13.4. The molecule has 1 aliphatic carbocycles. The van der Waals surface area contributed by atoms with E-state index in [-0.39, 0.29) is 17.7 Å². The van der Waals surface area contributed by atoms with E-state index in [1.54, 1.807) is 18.2 Å². The van der Waals surface area contributed by atoms with Gasteiger partial charge < -0.3 is 5.32 Å². The van der Waals surface area contributed by atoms with Crippen LogP contribution in [0.1, 0.15) is 38.7 Å². The van der Waals surface area contributed by atoms with E-state index in [0.29, 0.717) is 36.6 Å². The van der Waals surface area contributed by atoms with Gasteiger partial charge in [0, 0.05) is 41.8 Å². The molecule has 4 aliphatic rings. The van der Waals surface area contributed by atoms with Gasteiger partial charge in [-0.3, -0.25) is 4.79 Å². The molecule has 1 fully saturated rings. The predicted octanol–water partition coefficient (Wildman–Crippen LogP) is 3.30. The highest BCUT2D eigenvalue weighted by atomic mass is 32.2. The number of aryl methyl sites for hydroxylation is 1. The van der Waals surface area contributed by atoms with E-state index in [4.69, 9.17) is 0 Å². The second kappa shape index (κ2) is 6.34. The number of nitrogens with one attached hydrogen (secondary N) is 1. The molecule has 0 amide bonds. The summed E-state index contributed by atoms with van der Waals surface area (Å²) in [5, 5.41) is 11.8. The summed E-state index contributed by atoms with van der Waals surface area (Å²) < 4.78 is 28.3. The van der Waals surface area contributed by atoms with E-state index in [9.17, 15) is 13.2 Å². The van der Waals surface area contributed by atoms with E-state index >= 15 is 0 Å². The Bertz CT molecular complexity index is 1160. The van der Waals surface area contributed by atoms with Crippen LogP contribution in [0.5, 0.6) is 0 Å². The fourth-order valence-corrected chi connectivity index (χ4v) is 7.03. The van der Waals surface area contributed by atoms with Crippen molar-refractivity contribution >= 4 is 15.8 Å². The van der Waals surface area contributed by atoms with Crippen molar-refractivity contribution in [3.63, 3.8) is 0 Å². The quantitative estimate of drug-likeness (QED) is 0.785. The van der Waals surface area contributed by atoms with Crippen LogP contribution in [-0.4, -0.2) is 38.1 Å². The van der Waals surface area contributed by atoms with Gasteiger partial charge in [0.2, 0.25) is 10.0 Å². The SMILES string of the molecule is Cc1cccc(S(=O)(=O)N2CC[C@]3(C2)C2=C(N=NC2)NC2=C3C(=O)CC(C)(C)C2)c1. The van der Waals surface area contributed by atoms with Gasteiger partial charge in [0.15, 0.2) is 11.6 Å². The number of dihydropyridines is 1. The molecule has 7 nitrogen and oxygen atoms in total. The third-order valence-electron chi connectivity index (χ3n) is 6.75. The van der Waals surface area contributed by atoms with Crippen LogP contribution >= 0.6 is 0 Å². The molecule has 3 heterocycles. The van der Waals surface area contributed by atoms with Crippen LogP contribution < -0.4 is 5.32 Å². The summed E-state index contributed by atoms with van der Waals surface area (Å²) in [7, 11) is -3.65. The molecule has 0 radical (unpaired) electrons. The topological polar surface area (TPSA) is 91.2 Å². The van der Waals surface area contributed by atoms with E-state index in [1.807, 2.05) is 13.0 Å². The molecule has 30 heavy (non-hydrogen) atoms. The number of benzene rings is 1. The molecule has 3 aliphatic heterocycles. The summed E-state index contributed by atoms with van der Waals surface area (Å²) in [6.45, 7) is 7.11. The van der Waals surface area contributed by atoms with Gasteiger partial charge >= 0.3 is 0 Å². The number of azo groups is 1. The molecule has 158 valence electrons. The summed E-state index contributed by atoms with van der Waals surface area (Å²) in [6, 6.07) is 6.99. The molecule has 0 unspecified atom stereocenters. The lowest BCUT2D eigenvalue weighted by Gasteiger charge is -2.43. The van der Waals surface area contributed by atoms with Crippen LogP contribution in [0, 0.1) is 17.8 Å². The van der Waals surface area contributed by atoms with Crippen LogP contribution in [0.15, 0.2) is 62.1 Å². The minimum atomic E-state index is -3.65. The first-order valence-corrected chi connectivity index (χ1v) is 11.8. The number of Topliss-reactive ketones (excluding diaryl/α,β-unsaturated/α-hetero) is 1. The summed E-state index contributed by atoms with van der Waals surface area (Å²) in [5.41, 5.74) is 2.74. The fraction of sp³-hybridized carbons (Fsp3) is 0.500. The van der Waals surface area contributed by atoms with Gasteiger partial charge in [0.1, 0.15) is 0 Å². The van der Waals surface area contributed by atoms with Crippen molar-refractivity contribution in [3.05, 3.63) is 52.5 Å². The average Bonchev–Trinajstić information content (AvgIpc) is 3.29. The third-order valence-corrected chi connectivity index (χ3v) is 8.59. The van der Waals surface area contributed by atoms with Gasteiger partial charge in [-0.05, 0) is 42.9 Å². The van der Waals surface area contributed by atoms with E-state index in [1.165, 1.54) is 4.31 Å². The molecule has 0 saturated carbocycles. The molecule has 5 rings (SSSR count). The van der Waals surface area contributed by atoms with Gasteiger partial charge in [-0.1, -0.05) is 26.0 Å². The highest BCUT2D eigenvalue weighted by Crippen LogP contribution is 2.54. The third kappa shape index (κ3) is 2.80. The van der Waals surface area contributed by atoms with Crippen LogP contribution in [0.25, 0.3) is 0 Å². The largest absolute Gasteiger partial charge is 0.342 e. The first-order valence-electron chi connectivity index (χ1n) is 10.3. The van der Waals surface area contributed by atoms with Crippen molar-refractivity contribution in [2.24, 2.45) is 21.1 Å². The first-order chi connectivity index (χ1) is 14.1. The minimum Gasteiger partial charge on any atom is -0.342 e. The lowest BCUT2D eigenvalue weighted by atomic mass is 9.63. The Morgan fingerprint density at radius 2 is 2.00 bits per heavy atom. The number of hydrogen-bond acceptors (Lipinski definition) is 6. The van der Waals surface area contributed by atoms with Crippen molar-refractivity contribution < 1.29 is 13.2 Å². The summed E-state index contributed by atoms with van der Waals surface area (Å²) >= 11 is 0. The molecular formula is C22H26N4O3S. The first kappa shape index (κ1) is 19.6. The Labute approximate surface area is 177 Å². The number of ketones is 1. The molecule has 0 bridgehead atoms. The zero-order chi connectivity index (χ0) is 21.3. The number of sulfonamides is 1. The number of allylic oxidation sites excluding steroid dienone is 1. The molecule has 1 aromatic rings. The standard InChI is InChI=1S/C22H26N4O3S/c1-14-5-4-6-15(9-14)30(28,29)26-8-7-22(13-26)16-12-23-25-20(16)24-17-10-21(2,3)11-18(27)19(17)22/h4-6,9,24H,7-8,10-13H2,1-3H3/t22-/m0/s1. The molecule has 8 heteroatoms. The van der Waals surface area contributed by atoms with Crippen LogP contribution in [0.4, 0.5) is 0 Å². The van der Waals surface area contributed by atoms with Gasteiger partial charge in [-0.25, -0.2) is 8.42 Å². The Kier molecular flexibility index (Phi) is 4.15. The monoisotopic (exact) mass is 426 g/mol. The molecule has 1 N–H and O–H groups in total. The van der Waals surface area contributed by atoms with Crippen molar-refractivity contribution in [2.75, 3.05) is 19.6 Å². The Morgan fingerprint density at radius 1 is 1.20 bits per heavy atom. The maximum Gasteiger partial charge on any atom is 0.243 e.